The van der Waals surface area contributed by atoms with E-state index in [2.05, 4.69) is 15.9 Å². The maximum Gasteiger partial charge on any atom is 0.0627 e. The van der Waals surface area contributed by atoms with Crippen molar-refractivity contribution in [2.45, 2.75) is 57.7 Å². The molecule has 0 radical (unpaired) electrons. The summed E-state index contributed by atoms with van der Waals surface area (Å²) < 4.78 is 0. The first kappa shape index (κ1) is 13.4. The minimum atomic E-state index is -0.607. The molecule has 0 spiro atoms. The topological polar surface area (TPSA) is 40.5 Å². The maximum atomic E-state index is 9.80. The van der Waals surface area contributed by atoms with Crippen LogP contribution in [-0.2, 0) is 0 Å². The van der Waals surface area contributed by atoms with Crippen molar-refractivity contribution in [1.29, 1.82) is 0 Å². The molecule has 0 aromatic carbocycles. The number of alkyl halides is 1. The third-order valence-corrected chi connectivity index (χ3v) is 2.53. The maximum absolute atomic E-state index is 9.80. The Hall–Kier alpha value is 0.400. The van der Waals surface area contributed by atoms with Crippen LogP contribution in [0.1, 0.15) is 46.5 Å². The first-order chi connectivity index (χ1) is 5.77. The Kier molecular flexibility index (Phi) is 5.49. The van der Waals surface area contributed by atoms with E-state index in [4.69, 9.17) is 0 Å². The molecule has 2 N–H and O–H groups in total. The highest BCUT2D eigenvalue weighted by Gasteiger charge is 2.20. The van der Waals surface area contributed by atoms with E-state index in [0.717, 1.165) is 31.0 Å². The van der Waals surface area contributed by atoms with Crippen molar-refractivity contribution in [1.82, 2.24) is 0 Å². The fourth-order valence-electron chi connectivity index (χ4n) is 1.23. The lowest BCUT2D eigenvalue weighted by Gasteiger charge is -2.24. The number of hydrogen-bond donors (Lipinski definition) is 2. The Bertz CT molecular complexity index is 138. The molecule has 0 saturated heterocycles. The fraction of sp³-hybridized carbons (Fsp3) is 1.00. The van der Waals surface area contributed by atoms with Crippen LogP contribution < -0.4 is 0 Å². The van der Waals surface area contributed by atoms with Gasteiger partial charge in [0.1, 0.15) is 0 Å². The molecule has 0 heterocycles. The van der Waals surface area contributed by atoms with Crippen molar-refractivity contribution in [3.63, 3.8) is 0 Å². The summed E-state index contributed by atoms with van der Waals surface area (Å²) in [7, 11) is 0. The smallest absolute Gasteiger partial charge is 0.0627 e. The molecule has 80 valence electrons. The van der Waals surface area contributed by atoms with E-state index in [1.54, 1.807) is 13.8 Å². The predicted octanol–water partition coefficient (Wildman–Crippen LogP) is 2.46. The SMILES string of the molecule is CC(C)(O)CCC[C@@](C)(O)CCBr. The van der Waals surface area contributed by atoms with Gasteiger partial charge in [0.25, 0.3) is 0 Å². The van der Waals surface area contributed by atoms with E-state index in [0.29, 0.717) is 0 Å². The average molecular weight is 253 g/mol. The van der Waals surface area contributed by atoms with Gasteiger partial charge in [0, 0.05) is 5.33 Å². The molecule has 0 aliphatic rings. The number of halogens is 1. The number of hydrogen-bond acceptors (Lipinski definition) is 2. The Balaban J connectivity index is 3.63. The third kappa shape index (κ3) is 8.72. The zero-order valence-corrected chi connectivity index (χ0v) is 10.4. The summed E-state index contributed by atoms with van der Waals surface area (Å²) in [6, 6.07) is 0. The molecule has 3 heteroatoms. The van der Waals surface area contributed by atoms with Crippen molar-refractivity contribution in [3.05, 3.63) is 0 Å². The van der Waals surface area contributed by atoms with Gasteiger partial charge in [0.05, 0.1) is 11.2 Å². The van der Waals surface area contributed by atoms with Crippen LogP contribution in [0.15, 0.2) is 0 Å². The van der Waals surface area contributed by atoms with Crippen LogP contribution in [-0.4, -0.2) is 26.7 Å². The summed E-state index contributed by atoms with van der Waals surface area (Å²) >= 11 is 3.31. The molecular weight excluding hydrogens is 232 g/mol. The van der Waals surface area contributed by atoms with Gasteiger partial charge >= 0.3 is 0 Å². The second-order valence-corrected chi connectivity index (χ2v) is 5.39. The van der Waals surface area contributed by atoms with Crippen LogP contribution in [0, 0.1) is 0 Å². The zero-order valence-electron chi connectivity index (χ0n) is 8.81. The normalized spacial score (nSPS) is 17.1. The molecule has 0 amide bonds. The van der Waals surface area contributed by atoms with E-state index in [1.807, 2.05) is 6.92 Å². The Morgan fingerprint density at radius 2 is 1.54 bits per heavy atom. The molecule has 1 atom stereocenters. The van der Waals surface area contributed by atoms with Gasteiger partial charge in [-0.1, -0.05) is 15.9 Å². The van der Waals surface area contributed by atoms with Crippen molar-refractivity contribution < 1.29 is 10.2 Å². The van der Waals surface area contributed by atoms with E-state index < -0.39 is 11.2 Å². The molecule has 0 rings (SSSR count). The summed E-state index contributed by atoms with van der Waals surface area (Å²) in [6.07, 6.45) is 3.12. The molecular formula is C10H21BrO2. The second-order valence-electron chi connectivity index (χ2n) is 4.60. The van der Waals surface area contributed by atoms with Crippen molar-refractivity contribution in [2.24, 2.45) is 0 Å². The third-order valence-electron chi connectivity index (χ3n) is 2.14. The Morgan fingerprint density at radius 3 is 1.92 bits per heavy atom. The summed E-state index contributed by atoms with van der Waals surface area (Å²) in [6.45, 7) is 5.44. The summed E-state index contributed by atoms with van der Waals surface area (Å²) in [5, 5.41) is 20.1. The highest BCUT2D eigenvalue weighted by Crippen LogP contribution is 2.21. The quantitative estimate of drug-likeness (QED) is 0.714. The van der Waals surface area contributed by atoms with Gasteiger partial charge < -0.3 is 10.2 Å². The lowest BCUT2D eigenvalue weighted by atomic mass is 9.92. The van der Waals surface area contributed by atoms with Crippen LogP contribution in [0.5, 0.6) is 0 Å². The lowest BCUT2D eigenvalue weighted by molar-refractivity contribution is 0.0283. The molecule has 0 saturated carbocycles. The fourth-order valence-corrected chi connectivity index (χ4v) is 2.08. The van der Waals surface area contributed by atoms with E-state index in [9.17, 15) is 10.2 Å². The second kappa shape index (κ2) is 5.32. The largest absolute Gasteiger partial charge is 0.390 e. The Labute approximate surface area is 89.5 Å². The number of rotatable bonds is 6. The minimum absolute atomic E-state index is 0.589. The monoisotopic (exact) mass is 252 g/mol. The van der Waals surface area contributed by atoms with Gasteiger partial charge in [-0.05, 0) is 46.5 Å². The first-order valence-electron chi connectivity index (χ1n) is 4.78. The van der Waals surface area contributed by atoms with Crippen LogP contribution in [0.3, 0.4) is 0 Å². The van der Waals surface area contributed by atoms with Gasteiger partial charge in [-0.15, -0.1) is 0 Å². The zero-order chi connectivity index (χ0) is 10.5. The van der Waals surface area contributed by atoms with Gasteiger partial charge in [-0.25, -0.2) is 0 Å². The van der Waals surface area contributed by atoms with Gasteiger partial charge in [-0.2, -0.15) is 0 Å². The predicted molar refractivity (Wildman–Crippen MR) is 59.2 cm³/mol. The minimum Gasteiger partial charge on any atom is -0.390 e. The van der Waals surface area contributed by atoms with Gasteiger partial charge in [0.2, 0.25) is 0 Å². The van der Waals surface area contributed by atoms with Crippen LogP contribution in [0.25, 0.3) is 0 Å². The number of aliphatic hydroxyl groups is 2. The van der Waals surface area contributed by atoms with Crippen LogP contribution >= 0.6 is 15.9 Å². The highest BCUT2D eigenvalue weighted by molar-refractivity contribution is 9.09. The molecule has 0 aromatic rings. The summed E-state index contributed by atoms with van der Waals surface area (Å²) in [4.78, 5) is 0. The van der Waals surface area contributed by atoms with E-state index in [-0.39, 0.29) is 0 Å². The molecule has 0 aliphatic heterocycles. The first-order valence-corrected chi connectivity index (χ1v) is 5.90. The van der Waals surface area contributed by atoms with E-state index in [1.165, 1.54) is 0 Å². The standard InChI is InChI=1S/C10H21BrO2/c1-9(2,12)5-4-6-10(3,13)7-8-11/h12-13H,4-8H2,1-3H3/t10-/m1/s1. The van der Waals surface area contributed by atoms with Crippen molar-refractivity contribution >= 4 is 15.9 Å². The lowest BCUT2D eigenvalue weighted by Crippen LogP contribution is -2.26. The molecule has 0 aromatic heterocycles. The highest BCUT2D eigenvalue weighted by atomic mass is 79.9. The average Bonchev–Trinajstić information content (AvgIpc) is 1.82. The van der Waals surface area contributed by atoms with Crippen molar-refractivity contribution in [3.8, 4) is 0 Å². The molecule has 0 aliphatic carbocycles. The van der Waals surface area contributed by atoms with Crippen LogP contribution in [0.4, 0.5) is 0 Å². The van der Waals surface area contributed by atoms with Gasteiger partial charge in [-0.3, -0.25) is 0 Å². The molecule has 13 heavy (non-hydrogen) atoms. The summed E-state index contributed by atoms with van der Waals surface area (Å²) in [5.41, 5.74) is -1.20. The molecule has 2 nitrogen and oxygen atoms in total. The molecule has 0 fully saturated rings. The van der Waals surface area contributed by atoms with Crippen molar-refractivity contribution in [2.75, 3.05) is 5.33 Å². The Morgan fingerprint density at radius 1 is 1.00 bits per heavy atom. The molecule has 0 unspecified atom stereocenters. The summed E-state index contributed by atoms with van der Waals surface area (Å²) in [5.74, 6) is 0. The van der Waals surface area contributed by atoms with Gasteiger partial charge in [0.15, 0.2) is 0 Å². The van der Waals surface area contributed by atoms with E-state index >= 15 is 0 Å². The molecule has 0 bridgehead atoms. The van der Waals surface area contributed by atoms with Crippen LogP contribution in [0.2, 0.25) is 0 Å².